The van der Waals surface area contributed by atoms with Crippen molar-refractivity contribution in [3.63, 3.8) is 0 Å². The van der Waals surface area contributed by atoms with E-state index in [1.165, 1.54) is 10.9 Å². The van der Waals surface area contributed by atoms with Crippen LogP contribution in [0.4, 0.5) is 0 Å². The Morgan fingerprint density at radius 2 is 2.10 bits per heavy atom. The van der Waals surface area contributed by atoms with Crippen LogP contribution in [0.15, 0.2) is 24.3 Å². The van der Waals surface area contributed by atoms with Crippen molar-refractivity contribution in [1.29, 1.82) is 0 Å². The molecule has 2 heterocycles. The van der Waals surface area contributed by atoms with Crippen LogP contribution in [0.3, 0.4) is 0 Å². The minimum Gasteiger partial charge on any atom is -0.481 e. The molecule has 0 saturated carbocycles. The molecule has 0 spiro atoms. The second-order valence-corrected chi connectivity index (χ2v) is 5.03. The lowest BCUT2D eigenvalue weighted by atomic mass is 9.94. The number of hydrogen-bond donors (Lipinski definition) is 3. The number of aliphatic carboxylic acids is 1. The predicted octanol–water partition coefficient (Wildman–Crippen LogP) is 2.04. The quantitative estimate of drug-likeness (QED) is 0.745. The summed E-state index contributed by atoms with van der Waals surface area (Å²) in [4.78, 5) is 12.4. The molecule has 1 aromatic heterocycles. The third-order valence-corrected chi connectivity index (χ3v) is 3.42. The van der Waals surface area contributed by atoms with E-state index in [9.17, 15) is 5.11 Å². The smallest absolute Gasteiger partial charge is 0.300 e. The Hall–Kier alpha value is -1.85. The first-order valence-electron chi connectivity index (χ1n) is 6.52. The number of nitrogens with one attached hydrogen (secondary N) is 1. The van der Waals surface area contributed by atoms with E-state index in [0.717, 1.165) is 24.6 Å². The normalized spacial score (nSPS) is 20.9. The SMILES string of the molecule is CC(=O)O.CC1(CO)OCCc2c1[nH]c1ccccc21. The molecule has 1 unspecified atom stereocenters. The van der Waals surface area contributed by atoms with Crippen molar-refractivity contribution in [1.82, 2.24) is 4.98 Å². The monoisotopic (exact) mass is 277 g/mol. The Morgan fingerprint density at radius 3 is 2.75 bits per heavy atom. The number of aliphatic hydroxyl groups is 1. The molecule has 0 fully saturated rings. The van der Waals surface area contributed by atoms with Crippen LogP contribution in [-0.4, -0.2) is 34.4 Å². The van der Waals surface area contributed by atoms with E-state index in [2.05, 4.69) is 17.1 Å². The summed E-state index contributed by atoms with van der Waals surface area (Å²) in [6.45, 7) is 3.69. The molecule has 1 aliphatic heterocycles. The summed E-state index contributed by atoms with van der Waals surface area (Å²) in [5.41, 5.74) is 2.87. The Morgan fingerprint density at radius 1 is 1.45 bits per heavy atom. The van der Waals surface area contributed by atoms with E-state index >= 15 is 0 Å². The molecular weight excluding hydrogens is 258 g/mol. The van der Waals surface area contributed by atoms with Gasteiger partial charge in [-0.2, -0.15) is 0 Å². The second kappa shape index (κ2) is 5.64. The average molecular weight is 277 g/mol. The zero-order valence-corrected chi connectivity index (χ0v) is 11.6. The van der Waals surface area contributed by atoms with E-state index in [1.807, 2.05) is 19.1 Å². The maximum absolute atomic E-state index is 9.48. The molecule has 0 radical (unpaired) electrons. The minimum absolute atomic E-state index is 0.00677. The highest BCUT2D eigenvalue weighted by Crippen LogP contribution is 2.36. The summed E-state index contributed by atoms with van der Waals surface area (Å²) >= 11 is 0. The molecule has 2 aromatic rings. The van der Waals surface area contributed by atoms with Gasteiger partial charge >= 0.3 is 0 Å². The number of para-hydroxylation sites is 1. The highest BCUT2D eigenvalue weighted by atomic mass is 16.5. The number of benzene rings is 1. The fraction of sp³-hybridized carbons (Fsp3) is 0.400. The van der Waals surface area contributed by atoms with Crippen LogP contribution in [-0.2, 0) is 21.6 Å². The zero-order chi connectivity index (χ0) is 14.8. The largest absolute Gasteiger partial charge is 0.481 e. The lowest BCUT2D eigenvalue weighted by Crippen LogP contribution is -2.36. The summed E-state index contributed by atoms with van der Waals surface area (Å²) in [5.74, 6) is -0.833. The lowest BCUT2D eigenvalue weighted by molar-refractivity contribution is -0.134. The fourth-order valence-electron chi connectivity index (χ4n) is 2.49. The molecular formula is C15H19NO4. The number of fused-ring (bicyclic) bond motifs is 3. The molecule has 1 aromatic carbocycles. The number of carbonyl (C=O) groups is 1. The van der Waals surface area contributed by atoms with Gasteiger partial charge < -0.3 is 19.9 Å². The number of aromatic amines is 1. The van der Waals surface area contributed by atoms with Gasteiger partial charge in [0, 0.05) is 17.8 Å². The molecule has 0 bridgehead atoms. The van der Waals surface area contributed by atoms with Gasteiger partial charge in [0.2, 0.25) is 0 Å². The van der Waals surface area contributed by atoms with Crippen LogP contribution < -0.4 is 0 Å². The molecule has 0 amide bonds. The van der Waals surface area contributed by atoms with Crippen LogP contribution in [0.5, 0.6) is 0 Å². The predicted molar refractivity (Wildman–Crippen MR) is 75.7 cm³/mol. The first-order valence-corrected chi connectivity index (χ1v) is 6.52. The topological polar surface area (TPSA) is 82.6 Å². The van der Waals surface area contributed by atoms with Gasteiger partial charge in [0.25, 0.3) is 5.97 Å². The Bertz CT molecular complexity index is 615. The van der Waals surface area contributed by atoms with Crippen molar-refractivity contribution < 1.29 is 19.7 Å². The lowest BCUT2D eigenvalue weighted by Gasteiger charge is -2.32. The number of carboxylic acid groups (broad SMARTS) is 1. The summed E-state index contributed by atoms with van der Waals surface area (Å²) < 4.78 is 5.69. The molecule has 0 aliphatic carbocycles. The summed E-state index contributed by atoms with van der Waals surface area (Å²) in [6, 6.07) is 8.24. The number of aliphatic hydroxyl groups excluding tert-OH is 1. The van der Waals surface area contributed by atoms with E-state index < -0.39 is 11.6 Å². The van der Waals surface area contributed by atoms with E-state index in [-0.39, 0.29) is 6.61 Å². The molecule has 0 saturated heterocycles. The van der Waals surface area contributed by atoms with E-state index in [0.29, 0.717) is 6.61 Å². The zero-order valence-electron chi connectivity index (χ0n) is 11.6. The van der Waals surface area contributed by atoms with Crippen LogP contribution in [0.1, 0.15) is 25.1 Å². The number of ether oxygens (including phenoxy) is 1. The van der Waals surface area contributed by atoms with Gasteiger partial charge in [0.05, 0.1) is 18.9 Å². The number of carboxylic acids is 1. The number of hydrogen-bond acceptors (Lipinski definition) is 3. The van der Waals surface area contributed by atoms with Crippen LogP contribution in [0.2, 0.25) is 0 Å². The van der Waals surface area contributed by atoms with Gasteiger partial charge in [0.15, 0.2) is 0 Å². The number of rotatable bonds is 1. The molecule has 5 heteroatoms. The Labute approximate surface area is 117 Å². The molecule has 1 aliphatic rings. The molecule has 20 heavy (non-hydrogen) atoms. The second-order valence-electron chi connectivity index (χ2n) is 5.03. The number of H-pyrrole nitrogens is 1. The van der Waals surface area contributed by atoms with Crippen molar-refractivity contribution in [2.45, 2.75) is 25.9 Å². The van der Waals surface area contributed by atoms with Gasteiger partial charge in [-0.1, -0.05) is 18.2 Å². The van der Waals surface area contributed by atoms with Gasteiger partial charge in [-0.25, -0.2) is 0 Å². The van der Waals surface area contributed by atoms with Crippen LogP contribution >= 0.6 is 0 Å². The molecule has 5 nitrogen and oxygen atoms in total. The first kappa shape index (κ1) is 14.6. The average Bonchev–Trinajstić information content (AvgIpc) is 2.79. The molecule has 3 N–H and O–H groups in total. The fourth-order valence-corrected chi connectivity index (χ4v) is 2.49. The summed E-state index contributed by atoms with van der Waals surface area (Å²) in [7, 11) is 0. The minimum atomic E-state index is -0.833. The van der Waals surface area contributed by atoms with Gasteiger partial charge in [0.1, 0.15) is 5.60 Å². The maximum atomic E-state index is 9.48. The van der Waals surface area contributed by atoms with Crippen molar-refractivity contribution in [2.75, 3.05) is 13.2 Å². The molecule has 108 valence electrons. The summed E-state index contributed by atoms with van der Waals surface area (Å²) in [5, 5.41) is 18.1. The third kappa shape index (κ3) is 2.69. The van der Waals surface area contributed by atoms with Gasteiger partial charge in [-0.05, 0) is 25.0 Å². The van der Waals surface area contributed by atoms with Crippen molar-refractivity contribution in [2.24, 2.45) is 0 Å². The molecule has 1 atom stereocenters. The maximum Gasteiger partial charge on any atom is 0.300 e. The van der Waals surface area contributed by atoms with Gasteiger partial charge in [-0.3, -0.25) is 4.79 Å². The van der Waals surface area contributed by atoms with Crippen molar-refractivity contribution in [3.8, 4) is 0 Å². The van der Waals surface area contributed by atoms with Crippen molar-refractivity contribution in [3.05, 3.63) is 35.5 Å². The highest BCUT2D eigenvalue weighted by Gasteiger charge is 2.35. The third-order valence-electron chi connectivity index (χ3n) is 3.42. The highest BCUT2D eigenvalue weighted by molar-refractivity contribution is 5.85. The van der Waals surface area contributed by atoms with Gasteiger partial charge in [-0.15, -0.1) is 0 Å². The first-order chi connectivity index (χ1) is 9.48. The van der Waals surface area contributed by atoms with Crippen molar-refractivity contribution >= 4 is 16.9 Å². The Kier molecular flexibility index (Phi) is 4.11. The summed E-state index contributed by atoms with van der Waals surface area (Å²) in [6.07, 6.45) is 0.912. The van der Waals surface area contributed by atoms with E-state index in [4.69, 9.17) is 14.6 Å². The number of aromatic nitrogens is 1. The van der Waals surface area contributed by atoms with Crippen LogP contribution in [0, 0.1) is 0 Å². The molecule has 3 rings (SSSR count). The Balaban J connectivity index is 0.000000328. The van der Waals surface area contributed by atoms with E-state index in [1.54, 1.807) is 0 Å². The van der Waals surface area contributed by atoms with Crippen LogP contribution in [0.25, 0.3) is 10.9 Å². The standard InChI is InChI=1S/C13H15NO2.C2H4O2/c1-13(8-15)12-10(6-7-16-13)9-4-2-3-5-11(9)14-12;1-2(3)4/h2-5,14-15H,6-8H2,1H3;1H3,(H,3,4).